The van der Waals surface area contributed by atoms with Gasteiger partial charge in [0.2, 0.25) is 0 Å². The number of amides is 1. The second kappa shape index (κ2) is 9.03. The second-order valence-electron chi connectivity index (χ2n) is 5.16. The average molecular weight is 350 g/mol. The number of esters is 1. The van der Waals surface area contributed by atoms with E-state index in [9.17, 15) is 14.0 Å². The molecule has 2 aromatic carbocycles. The number of halogens is 2. The molecule has 0 aliphatic rings. The Bertz CT molecular complexity index is 704. The summed E-state index contributed by atoms with van der Waals surface area (Å²) in [6.45, 7) is -0.0711. The van der Waals surface area contributed by atoms with Crippen LogP contribution in [-0.2, 0) is 27.3 Å². The Morgan fingerprint density at radius 3 is 2.50 bits per heavy atom. The van der Waals surface area contributed by atoms with Crippen LogP contribution < -0.4 is 5.32 Å². The number of hydrogen-bond donors (Lipinski definition) is 1. The smallest absolute Gasteiger partial charge is 0.306 e. The number of aryl methyl sites for hydroxylation is 1. The van der Waals surface area contributed by atoms with Crippen LogP contribution in [0.25, 0.3) is 0 Å². The van der Waals surface area contributed by atoms with Crippen molar-refractivity contribution >= 4 is 23.5 Å². The molecule has 126 valence electrons. The first-order valence-corrected chi connectivity index (χ1v) is 7.82. The lowest BCUT2D eigenvalue weighted by molar-refractivity contribution is -0.148. The van der Waals surface area contributed by atoms with Gasteiger partial charge in [0.25, 0.3) is 5.91 Å². The van der Waals surface area contributed by atoms with Crippen LogP contribution in [0.3, 0.4) is 0 Å². The number of hydrogen-bond acceptors (Lipinski definition) is 3. The Morgan fingerprint density at radius 2 is 1.79 bits per heavy atom. The third-order valence-corrected chi connectivity index (χ3v) is 3.70. The minimum atomic E-state index is -0.479. The monoisotopic (exact) mass is 349 g/mol. The van der Waals surface area contributed by atoms with E-state index in [4.69, 9.17) is 16.3 Å². The van der Waals surface area contributed by atoms with E-state index in [-0.39, 0.29) is 25.4 Å². The van der Waals surface area contributed by atoms with Gasteiger partial charge in [-0.25, -0.2) is 4.39 Å². The molecule has 4 nitrogen and oxygen atoms in total. The van der Waals surface area contributed by atoms with E-state index in [1.807, 2.05) is 6.07 Å². The Kier molecular flexibility index (Phi) is 6.75. The van der Waals surface area contributed by atoms with E-state index >= 15 is 0 Å². The maximum atomic E-state index is 12.8. The van der Waals surface area contributed by atoms with Gasteiger partial charge in [0, 0.05) is 18.0 Å². The summed E-state index contributed by atoms with van der Waals surface area (Å²) in [4.78, 5) is 23.3. The highest BCUT2D eigenvalue weighted by molar-refractivity contribution is 6.31. The van der Waals surface area contributed by atoms with Crippen LogP contribution in [0.15, 0.2) is 48.5 Å². The number of carbonyl (C=O) groups excluding carboxylic acids is 2. The molecule has 0 heterocycles. The molecule has 0 aromatic heterocycles. The molecular formula is C18H17ClFNO3. The Morgan fingerprint density at radius 1 is 1.08 bits per heavy atom. The van der Waals surface area contributed by atoms with Gasteiger partial charge < -0.3 is 10.1 Å². The fourth-order valence-corrected chi connectivity index (χ4v) is 2.20. The van der Waals surface area contributed by atoms with Gasteiger partial charge in [0.15, 0.2) is 6.61 Å². The predicted octanol–water partition coefficient (Wildman–Crippen LogP) is 3.27. The Labute approximate surface area is 144 Å². The van der Waals surface area contributed by atoms with Crippen molar-refractivity contribution in [1.82, 2.24) is 5.32 Å². The molecule has 0 fully saturated rings. The van der Waals surface area contributed by atoms with Crippen molar-refractivity contribution in [3.8, 4) is 0 Å². The number of rotatable bonds is 7. The van der Waals surface area contributed by atoms with Crippen molar-refractivity contribution in [2.75, 3.05) is 6.61 Å². The normalized spacial score (nSPS) is 10.2. The zero-order chi connectivity index (χ0) is 17.4. The summed E-state index contributed by atoms with van der Waals surface area (Å²) in [5, 5.41) is 3.20. The topological polar surface area (TPSA) is 55.4 Å². The van der Waals surface area contributed by atoms with Gasteiger partial charge in [0.05, 0.1) is 0 Å². The molecule has 0 bridgehead atoms. The summed E-state index contributed by atoms with van der Waals surface area (Å²) in [5.41, 5.74) is 1.62. The van der Waals surface area contributed by atoms with E-state index in [0.717, 1.165) is 11.1 Å². The molecule has 1 amide bonds. The molecule has 0 radical (unpaired) electrons. The lowest BCUT2D eigenvalue weighted by Gasteiger charge is -2.08. The molecule has 6 heteroatoms. The van der Waals surface area contributed by atoms with Crippen molar-refractivity contribution in [1.29, 1.82) is 0 Å². The molecule has 0 spiro atoms. The van der Waals surface area contributed by atoms with Gasteiger partial charge in [-0.05, 0) is 35.7 Å². The molecule has 0 atom stereocenters. The summed E-state index contributed by atoms with van der Waals surface area (Å²) in [7, 11) is 0. The quantitative estimate of drug-likeness (QED) is 0.780. The van der Waals surface area contributed by atoms with Crippen molar-refractivity contribution < 1.29 is 18.7 Å². The van der Waals surface area contributed by atoms with Crippen LogP contribution in [0.5, 0.6) is 0 Å². The van der Waals surface area contributed by atoms with Gasteiger partial charge in [-0.3, -0.25) is 9.59 Å². The lowest BCUT2D eigenvalue weighted by Crippen LogP contribution is -2.28. The Balaban J connectivity index is 1.66. The van der Waals surface area contributed by atoms with Gasteiger partial charge in [0.1, 0.15) is 5.82 Å². The van der Waals surface area contributed by atoms with Gasteiger partial charge in [-0.15, -0.1) is 0 Å². The van der Waals surface area contributed by atoms with E-state index in [2.05, 4.69) is 5.32 Å². The first kappa shape index (κ1) is 17.9. The summed E-state index contributed by atoms with van der Waals surface area (Å²) < 4.78 is 17.7. The van der Waals surface area contributed by atoms with Crippen LogP contribution >= 0.6 is 11.6 Å². The molecule has 0 aliphatic heterocycles. The summed E-state index contributed by atoms with van der Waals surface area (Å²) in [6, 6.07) is 13.1. The third-order valence-electron chi connectivity index (χ3n) is 3.33. The van der Waals surface area contributed by atoms with Gasteiger partial charge in [-0.2, -0.15) is 0 Å². The largest absolute Gasteiger partial charge is 0.456 e. The standard InChI is InChI=1S/C18H17ClFNO3/c19-16-4-2-1-3-14(16)11-21-17(22)12-24-18(23)10-7-13-5-8-15(20)9-6-13/h1-6,8-9H,7,10-12H2,(H,21,22). The van der Waals surface area contributed by atoms with Crippen molar-refractivity contribution in [2.45, 2.75) is 19.4 Å². The van der Waals surface area contributed by atoms with Gasteiger partial charge >= 0.3 is 5.97 Å². The van der Waals surface area contributed by atoms with Crippen molar-refractivity contribution in [2.24, 2.45) is 0 Å². The van der Waals surface area contributed by atoms with E-state index in [1.165, 1.54) is 12.1 Å². The maximum absolute atomic E-state index is 12.8. The average Bonchev–Trinajstić information content (AvgIpc) is 2.58. The van der Waals surface area contributed by atoms with E-state index < -0.39 is 11.9 Å². The highest BCUT2D eigenvalue weighted by Gasteiger charge is 2.08. The van der Waals surface area contributed by atoms with Crippen LogP contribution in [0.1, 0.15) is 17.5 Å². The van der Waals surface area contributed by atoms with Crippen molar-refractivity contribution in [3.63, 3.8) is 0 Å². The fraction of sp³-hybridized carbons (Fsp3) is 0.222. The van der Waals surface area contributed by atoms with Crippen LogP contribution in [0, 0.1) is 5.82 Å². The number of benzene rings is 2. The number of ether oxygens (including phenoxy) is 1. The molecular weight excluding hydrogens is 333 g/mol. The van der Waals surface area contributed by atoms with Gasteiger partial charge in [-0.1, -0.05) is 41.9 Å². The Hall–Kier alpha value is -2.40. The molecule has 0 saturated heterocycles. The maximum Gasteiger partial charge on any atom is 0.306 e. The summed E-state index contributed by atoms with van der Waals surface area (Å²) in [5.74, 6) is -1.20. The first-order valence-electron chi connectivity index (χ1n) is 7.45. The predicted molar refractivity (Wildman–Crippen MR) is 89.0 cm³/mol. The molecule has 0 aliphatic carbocycles. The molecule has 2 rings (SSSR count). The zero-order valence-corrected chi connectivity index (χ0v) is 13.7. The van der Waals surface area contributed by atoms with Crippen LogP contribution in [0.2, 0.25) is 5.02 Å². The molecule has 0 unspecified atom stereocenters. The second-order valence-corrected chi connectivity index (χ2v) is 5.56. The number of carbonyl (C=O) groups is 2. The van der Waals surface area contributed by atoms with E-state index in [0.29, 0.717) is 11.4 Å². The summed E-state index contributed by atoms with van der Waals surface area (Å²) in [6.07, 6.45) is 0.559. The highest BCUT2D eigenvalue weighted by atomic mass is 35.5. The van der Waals surface area contributed by atoms with E-state index in [1.54, 1.807) is 30.3 Å². The zero-order valence-electron chi connectivity index (χ0n) is 12.9. The summed E-state index contributed by atoms with van der Waals surface area (Å²) >= 11 is 5.98. The van der Waals surface area contributed by atoms with Crippen LogP contribution in [0.4, 0.5) is 4.39 Å². The minimum Gasteiger partial charge on any atom is -0.456 e. The molecule has 1 N–H and O–H groups in total. The van der Waals surface area contributed by atoms with Crippen molar-refractivity contribution in [3.05, 3.63) is 70.5 Å². The molecule has 2 aromatic rings. The lowest BCUT2D eigenvalue weighted by atomic mass is 10.1. The third kappa shape index (κ3) is 6.01. The SMILES string of the molecule is O=C(COC(=O)CCc1ccc(F)cc1)NCc1ccccc1Cl. The number of nitrogens with one attached hydrogen (secondary N) is 1. The molecule has 24 heavy (non-hydrogen) atoms. The fourth-order valence-electron chi connectivity index (χ4n) is 2.00. The first-order chi connectivity index (χ1) is 11.5. The molecule has 0 saturated carbocycles. The van der Waals surface area contributed by atoms with Crippen LogP contribution in [-0.4, -0.2) is 18.5 Å². The minimum absolute atomic E-state index is 0.128. The highest BCUT2D eigenvalue weighted by Crippen LogP contribution is 2.14.